The number of aliphatic hydroxyl groups excluding tert-OH is 1. The summed E-state index contributed by atoms with van der Waals surface area (Å²) in [5.74, 6) is -1.87. The number of nitrogens with zero attached hydrogens (tertiary/aromatic N) is 2. The molecule has 0 bridgehead atoms. The van der Waals surface area contributed by atoms with E-state index in [1.807, 2.05) is 0 Å². The third kappa shape index (κ3) is 4.00. The van der Waals surface area contributed by atoms with Crippen LogP contribution in [0.15, 0.2) is 42.6 Å². The first-order valence-corrected chi connectivity index (χ1v) is 7.89. The molecule has 6 nitrogen and oxygen atoms in total. The quantitative estimate of drug-likeness (QED) is 0.839. The van der Waals surface area contributed by atoms with Crippen molar-refractivity contribution in [2.45, 2.75) is 25.0 Å². The Kier molecular flexibility index (Phi) is 4.76. The summed E-state index contributed by atoms with van der Waals surface area (Å²) in [6.07, 6.45) is 1.99. The van der Waals surface area contributed by atoms with Gasteiger partial charge in [0.1, 0.15) is 11.5 Å². The van der Waals surface area contributed by atoms with Gasteiger partial charge in [0.15, 0.2) is 0 Å². The predicted octanol–water partition coefficient (Wildman–Crippen LogP) is 2.26. The fraction of sp³-hybridized carbons (Fsp3) is 0.278. The van der Waals surface area contributed by atoms with Crippen LogP contribution >= 0.6 is 0 Å². The summed E-state index contributed by atoms with van der Waals surface area (Å²) in [5.41, 5.74) is 0.656. The maximum Gasteiger partial charge on any atom is 0.354 e. The summed E-state index contributed by atoms with van der Waals surface area (Å²) in [6, 6.07) is 8.22. The monoisotopic (exact) mass is 344 g/mol. The minimum atomic E-state index is -1.16. The molecule has 1 saturated carbocycles. The number of hydrogen-bond donors (Lipinski definition) is 2. The van der Waals surface area contributed by atoms with E-state index in [9.17, 15) is 19.1 Å². The van der Waals surface area contributed by atoms with Crippen molar-refractivity contribution in [3.8, 4) is 0 Å². The van der Waals surface area contributed by atoms with E-state index in [4.69, 9.17) is 5.11 Å². The summed E-state index contributed by atoms with van der Waals surface area (Å²) in [6.45, 7) is 0.0792. The topological polar surface area (TPSA) is 90.7 Å². The second-order valence-corrected chi connectivity index (χ2v) is 5.99. The van der Waals surface area contributed by atoms with Crippen LogP contribution in [0.5, 0.6) is 0 Å². The van der Waals surface area contributed by atoms with Crippen LogP contribution in [0.25, 0.3) is 0 Å². The highest BCUT2D eigenvalue weighted by Crippen LogP contribution is 2.30. The van der Waals surface area contributed by atoms with Crippen molar-refractivity contribution in [3.63, 3.8) is 0 Å². The minimum absolute atomic E-state index is 0.0433. The number of benzene rings is 1. The largest absolute Gasteiger partial charge is 0.477 e. The molecule has 7 heteroatoms. The first-order valence-electron chi connectivity index (χ1n) is 7.89. The number of carbonyl (C=O) groups is 2. The maximum absolute atomic E-state index is 13.0. The number of amides is 1. The molecule has 0 radical (unpaired) electrons. The van der Waals surface area contributed by atoms with Crippen LogP contribution in [-0.4, -0.2) is 44.6 Å². The smallest absolute Gasteiger partial charge is 0.354 e. The van der Waals surface area contributed by atoms with Gasteiger partial charge in [-0.05, 0) is 42.7 Å². The molecule has 1 aliphatic rings. The van der Waals surface area contributed by atoms with E-state index in [-0.39, 0.29) is 29.8 Å². The number of aliphatic hydroxyl groups is 1. The number of rotatable bonds is 6. The zero-order valence-corrected chi connectivity index (χ0v) is 13.3. The van der Waals surface area contributed by atoms with Gasteiger partial charge in [-0.25, -0.2) is 14.2 Å². The van der Waals surface area contributed by atoms with E-state index in [0.29, 0.717) is 5.56 Å². The lowest BCUT2D eigenvalue weighted by Gasteiger charge is -2.25. The van der Waals surface area contributed by atoms with Gasteiger partial charge >= 0.3 is 5.97 Å². The highest BCUT2D eigenvalue weighted by atomic mass is 19.1. The van der Waals surface area contributed by atoms with Gasteiger partial charge in [0.2, 0.25) is 0 Å². The zero-order valence-electron chi connectivity index (χ0n) is 13.3. The molecule has 3 rings (SSSR count). The highest BCUT2D eigenvalue weighted by Gasteiger charge is 2.34. The lowest BCUT2D eigenvalue weighted by atomic mass is 10.1. The molecular formula is C18H17FN2O4. The zero-order chi connectivity index (χ0) is 18.0. The molecule has 1 aliphatic carbocycles. The number of hydrogen-bond acceptors (Lipinski definition) is 4. The Balaban J connectivity index is 1.75. The normalized spacial score (nSPS) is 14.8. The molecule has 1 atom stereocenters. The van der Waals surface area contributed by atoms with E-state index in [1.54, 1.807) is 4.90 Å². The van der Waals surface area contributed by atoms with Crippen molar-refractivity contribution < 1.29 is 24.2 Å². The van der Waals surface area contributed by atoms with E-state index in [0.717, 1.165) is 12.8 Å². The Labute approximate surface area is 143 Å². The van der Waals surface area contributed by atoms with Gasteiger partial charge in [0.25, 0.3) is 5.91 Å². The van der Waals surface area contributed by atoms with Crippen LogP contribution in [-0.2, 0) is 0 Å². The van der Waals surface area contributed by atoms with Gasteiger partial charge in [-0.3, -0.25) is 4.79 Å². The fourth-order valence-electron chi connectivity index (χ4n) is 2.57. The van der Waals surface area contributed by atoms with Gasteiger partial charge in [0.05, 0.1) is 18.2 Å². The van der Waals surface area contributed by atoms with Crippen molar-refractivity contribution >= 4 is 11.9 Å². The molecule has 1 aromatic heterocycles. The fourth-order valence-corrected chi connectivity index (χ4v) is 2.57. The second kappa shape index (κ2) is 6.98. The lowest BCUT2D eigenvalue weighted by molar-refractivity contribution is 0.0601. The minimum Gasteiger partial charge on any atom is -0.477 e. The van der Waals surface area contributed by atoms with E-state index in [1.165, 1.54) is 42.6 Å². The molecule has 1 aromatic carbocycles. The van der Waals surface area contributed by atoms with Crippen molar-refractivity contribution in [2.75, 3.05) is 6.54 Å². The molecule has 1 amide bonds. The predicted molar refractivity (Wildman–Crippen MR) is 86.6 cm³/mol. The number of pyridine rings is 1. The molecule has 1 unspecified atom stereocenters. The number of carboxylic acid groups (broad SMARTS) is 1. The van der Waals surface area contributed by atoms with Crippen LogP contribution in [0.4, 0.5) is 4.39 Å². The van der Waals surface area contributed by atoms with Crippen LogP contribution in [0.2, 0.25) is 0 Å². The van der Waals surface area contributed by atoms with Crippen molar-refractivity contribution in [2.24, 2.45) is 0 Å². The molecule has 2 aromatic rings. The van der Waals surface area contributed by atoms with E-state index < -0.39 is 17.9 Å². The average molecular weight is 344 g/mol. The van der Waals surface area contributed by atoms with E-state index >= 15 is 0 Å². The van der Waals surface area contributed by atoms with Crippen molar-refractivity contribution in [1.82, 2.24) is 9.88 Å². The Morgan fingerprint density at radius 2 is 1.88 bits per heavy atom. The van der Waals surface area contributed by atoms with Crippen LogP contribution in [0.1, 0.15) is 45.4 Å². The molecule has 0 aliphatic heterocycles. The molecule has 0 saturated heterocycles. The molecule has 1 fully saturated rings. The Bertz CT molecular complexity index is 773. The molecular weight excluding hydrogens is 327 g/mol. The average Bonchev–Trinajstić information content (AvgIpc) is 3.44. The Hall–Kier alpha value is -2.80. The maximum atomic E-state index is 13.0. The van der Waals surface area contributed by atoms with Gasteiger partial charge < -0.3 is 15.1 Å². The number of carbonyl (C=O) groups excluding carboxylic acids is 1. The first-order chi connectivity index (χ1) is 12.0. The molecule has 0 spiro atoms. The summed E-state index contributed by atoms with van der Waals surface area (Å²) < 4.78 is 13.0. The highest BCUT2D eigenvalue weighted by molar-refractivity contribution is 5.95. The van der Waals surface area contributed by atoms with Crippen LogP contribution in [0.3, 0.4) is 0 Å². The van der Waals surface area contributed by atoms with E-state index in [2.05, 4.69) is 4.98 Å². The lowest BCUT2D eigenvalue weighted by Crippen LogP contribution is -2.36. The second-order valence-electron chi connectivity index (χ2n) is 5.99. The van der Waals surface area contributed by atoms with Gasteiger partial charge in [0, 0.05) is 12.2 Å². The summed E-state index contributed by atoms with van der Waals surface area (Å²) in [5, 5.41) is 19.2. The first kappa shape index (κ1) is 17.0. The van der Waals surface area contributed by atoms with Gasteiger partial charge in [-0.1, -0.05) is 12.1 Å². The van der Waals surface area contributed by atoms with Crippen LogP contribution < -0.4 is 0 Å². The van der Waals surface area contributed by atoms with Gasteiger partial charge in [-0.15, -0.1) is 0 Å². The Morgan fingerprint density at radius 3 is 2.40 bits per heavy atom. The summed E-state index contributed by atoms with van der Waals surface area (Å²) in [7, 11) is 0. The van der Waals surface area contributed by atoms with Crippen molar-refractivity contribution in [1.29, 1.82) is 0 Å². The van der Waals surface area contributed by atoms with Crippen LogP contribution in [0, 0.1) is 5.82 Å². The SMILES string of the molecule is O=C(O)c1ccc(C(=O)N(CC(O)c2ccc(F)cc2)C2CC2)cn1. The number of halogens is 1. The molecule has 2 N–H and O–H groups in total. The number of carboxylic acids is 1. The molecule has 25 heavy (non-hydrogen) atoms. The third-order valence-electron chi connectivity index (χ3n) is 4.10. The van der Waals surface area contributed by atoms with Gasteiger partial charge in [-0.2, -0.15) is 0 Å². The third-order valence-corrected chi connectivity index (χ3v) is 4.10. The Morgan fingerprint density at radius 1 is 1.20 bits per heavy atom. The number of aromatic carboxylic acids is 1. The molecule has 130 valence electrons. The van der Waals surface area contributed by atoms with Crippen molar-refractivity contribution in [3.05, 3.63) is 65.2 Å². The number of aromatic nitrogens is 1. The summed E-state index contributed by atoms with van der Waals surface area (Å²) >= 11 is 0. The summed E-state index contributed by atoms with van der Waals surface area (Å²) in [4.78, 5) is 28.9. The molecule has 1 heterocycles. The standard InChI is InChI=1S/C18H17FN2O4/c19-13-4-1-11(2-5-13)16(22)10-21(14-6-7-14)17(23)12-3-8-15(18(24)25)20-9-12/h1-5,8-9,14,16,22H,6-7,10H2,(H,24,25).